The highest BCUT2D eigenvalue weighted by Crippen LogP contribution is 2.25. The van der Waals surface area contributed by atoms with Gasteiger partial charge in [-0.2, -0.15) is 0 Å². The smallest absolute Gasteiger partial charge is 0.307 e. The molecule has 1 aromatic carbocycles. The summed E-state index contributed by atoms with van der Waals surface area (Å²) in [6, 6.07) is 11.5. The van der Waals surface area contributed by atoms with E-state index in [-0.39, 0.29) is 30.8 Å². The molecular formula is C20H20N2O3S2. The number of aromatic nitrogens is 1. The summed E-state index contributed by atoms with van der Waals surface area (Å²) in [6.45, 7) is 2.04. The fraction of sp³-hybridized carbons (Fsp3) is 0.250. The van der Waals surface area contributed by atoms with Crippen molar-refractivity contribution in [1.29, 1.82) is 0 Å². The molecule has 2 heterocycles. The molecule has 0 bridgehead atoms. The Morgan fingerprint density at radius 1 is 1.19 bits per heavy atom. The first-order valence-electron chi connectivity index (χ1n) is 8.46. The van der Waals surface area contributed by atoms with Gasteiger partial charge in [0.25, 0.3) is 0 Å². The predicted octanol–water partition coefficient (Wildman–Crippen LogP) is 4.14. The third-order valence-corrected chi connectivity index (χ3v) is 5.94. The molecule has 0 aliphatic carbocycles. The average Bonchev–Trinajstić information content (AvgIpc) is 3.33. The third kappa shape index (κ3) is 5.24. The number of ether oxygens (including phenoxy) is 1. The lowest BCUT2D eigenvalue weighted by molar-refractivity contribution is -0.141. The van der Waals surface area contributed by atoms with E-state index in [2.05, 4.69) is 10.3 Å². The van der Waals surface area contributed by atoms with E-state index in [0.717, 1.165) is 21.1 Å². The van der Waals surface area contributed by atoms with Crippen molar-refractivity contribution in [2.45, 2.75) is 25.8 Å². The van der Waals surface area contributed by atoms with Gasteiger partial charge >= 0.3 is 5.97 Å². The first kappa shape index (κ1) is 19.3. The lowest BCUT2D eigenvalue weighted by Gasteiger charge is -2.16. The number of nitrogens with zero attached hydrogens (tertiary/aromatic N) is 1. The van der Waals surface area contributed by atoms with Crippen molar-refractivity contribution in [3.8, 4) is 10.6 Å². The van der Waals surface area contributed by atoms with Crippen LogP contribution < -0.4 is 5.32 Å². The first-order valence-corrected chi connectivity index (χ1v) is 10.2. The maximum absolute atomic E-state index is 12.5. The Hall–Kier alpha value is -2.51. The van der Waals surface area contributed by atoms with Crippen LogP contribution in [0.3, 0.4) is 0 Å². The molecule has 1 unspecified atom stereocenters. The van der Waals surface area contributed by atoms with Crippen molar-refractivity contribution in [1.82, 2.24) is 10.3 Å². The number of carbonyl (C=O) groups is 2. The van der Waals surface area contributed by atoms with E-state index < -0.39 is 0 Å². The van der Waals surface area contributed by atoms with E-state index in [1.807, 2.05) is 54.1 Å². The van der Waals surface area contributed by atoms with Gasteiger partial charge in [-0.1, -0.05) is 35.9 Å². The topological polar surface area (TPSA) is 68.3 Å². The van der Waals surface area contributed by atoms with Crippen LogP contribution in [0.15, 0.2) is 47.2 Å². The minimum atomic E-state index is -0.389. The number of amides is 1. The van der Waals surface area contributed by atoms with Gasteiger partial charge in [-0.25, -0.2) is 4.98 Å². The maximum Gasteiger partial charge on any atom is 0.307 e. The van der Waals surface area contributed by atoms with E-state index in [4.69, 9.17) is 4.74 Å². The quantitative estimate of drug-likeness (QED) is 0.605. The highest BCUT2D eigenvalue weighted by Gasteiger charge is 2.20. The molecule has 140 valence electrons. The molecule has 3 aromatic rings. The fourth-order valence-corrected chi connectivity index (χ4v) is 4.19. The van der Waals surface area contributed by atoms with Crippen molar-refractivity contribution in [2.75, 3.05) is 7.11 Å². The van der Waals surface area contributed by atoms with Crippen molar-refractivity contribution >= 4 is 34.6 Å². The van der Waals surface area contributed by atoms with Crippen LogP contribution in [-0.2, 0) is 20.7 Å². The van der Waals surface area contributed by atoms with Gasteiger partial charge in [0, 0.05) is 15.8 Å². The summed E-state index contributed by atoms with van der Waals surface area (Å²) in [5.41, 5.74) is 2.95. The summed E-state index contributed by atoms with van der Waals surface area (Å²) in [5.74, 6) is -0.526. The molecule has 1 atom stereocenters. The molecule has 0 spiro atoms. The van der Waals surface area contributed by atoms with Gasteiger partial charge in [0.15, 0.2) is 0 Å². The van der Waals surface area contributed by atoms with Crippen molar-refractivity contribution < 1.29 is 14.3 Å². The fourth-order valence-electron chi connectivity index (χ4n) is 2.59. The summed E-state index contributed by atoms with van der Waals surface area (Å²) < 4.78 is 4.74. The molecular weight excluding hydrogens is 380 g/mol. The number of aryl methyl sites for hydroxylation is 1. The molecule has 2 aromatic heterocycles. The normalized spacial score (nSPS) is 11.8. The summed E-state index contributed by atoms with van der Waals surface area (Å²) in [4.78, 5) is 29.6. The minimum Gasteiger partial charge on any atom is -0.469 e. The van der Waals surface area contributed by atoms with Crippen molar-refractivity contribution in [3.05, 3.63) is 63.3 Å². The van der Waals surface area contributed by atoms with Gasteiger partial charge in [0.1, 0.15) is 5.01 Å². The molecule has 27 heavy (non-hydrogen) atoms. The number of thiophene rings is 1. The Kier molecular flexibility index (Phi) is 6.36. The molecule has 5 nitrogen and oxygen atoms in total. The zero-order valence-corrected chi connectivity index (χ0v) is 16.7. The molecule has 3 rings (SSSR count). The summed E-state index contributed by atoms with van der Waals surface area (Å²) in [7, 11) is 1.34. The van der Waals surface area contributed by atoms with Gasteiger partial charge in [0.05, 0.1) is 31.7 Å². The molecule has 0 fully saturated rings. The number of rotatable bonds is 7. The second kappa shape index (κ2) is 8.92. The SMILES string of the molecule is COC(=O)CC(NC(=O)Cc1csc(-c2ccc(C)cc2)n1)c1cccs1. The van der Waals surface area contributed by atoms with Crippen molar-refractivity contribution in [2.24, 2.45) is 0 Å². The van der Waals surface area contributed by atoms with Gasteiger partial charge in [0.2, 0.25) is 5.91 Å². The Labute approximate surface area is 166 Å². The Morgan fingerprint density at radius 3 is 2.63 bits per heavy atom. The van der Waals surface area contributed by atoms with Crippen LogP contribution in [0.1, 0.15) is 28.6 Å². The number of nitrogens with one attached hydrogen (secondary N) is 1. The average molecular weight is 401 g/mol. The molecule has 1 N–H and O–H groups in total. The molecule has 7 heteroatoms. The number of esters is 1. The Bertz CT molecular complexity index is 902. The van der Waals surface area contributed by atoms with Crippen LogP contribution in [0, 0.1) is 6.92 Å². The third-order valence-electron chi connectivity index (χ3n) is 4.01. The van der Waals surface area contributed by atoms with E-state index in [9.17, 15) is 9.59 Å². The highest BCUT2D eigenvalue weighted by molar-refractivity contribution is 7.13. The standard InChI is InChI=1S/C20H20N2O3S2/c1-13-5-7-14(8-6-13)20-21-15(12-27-20)10-18(23)22-16(11-19(24)25-2)17-4-3-9-26-17/h3-9,12,16H,10-11H2,1-2H3,(H,22,23). The molecule has 1 amide bonds. The van der Waals surface area contributed by atoms with E-state index in [1.54, 1.807) is 0 Å². The predicted molar refractivity (Wildman–Crippen MR) is 108 cm³/mol. The van der Waals surface area contributed by atoms with E-state index in [0.29, 0.717) is 0 Å². The second-order valence-corrected chi connectivity index (χ2v) is 7.94. The highest BCUT2D eigenvalue weighted by atomic mass is 32.1. The van der Waals surface area contributed by atoms with Crippen LogP contribution in [-0.4, -0.2) is 24.0 Å². The Morgan fingerprint density at radius 2 is 1.96 bits per heavy atom. The number of methoxy groups -OCH3 is 1. The van der Waals surface area contributed by atoms with E-state index in [1.165, 1.54) is 35.3 Å². The summed E-state index contributed by atoms with van der Waals surface area (Å²) in [6.07, 6.45) is 0.278. The molecule has 0 saturated carbocycles. The number of hydrogen-bond donors (Lipinski definition) is 1. The summed E-state index contributed by atoms with van der Waals surface area (Å²) >= 11 is 3.02. The van der Waals surface area contributed by atoms with Crippen LogP contribution in [0.4, 0.5) is 0 Å². The van der Waals surface area contributed by atoms with Crippen molar-refractivity contribution in [3.63, 3.8) is 0 Å². The van der Waals surface area contributed by atoms with Gasteiger partial charge < -0.3 is 10.1 Å². The van der Waals surface area contributed by atoms with Crippen LogP contribution in [0.25, 0.3) is 10.6 Å². The lowest BCUT2D eigenvalue weighted by atomic mass is 10.1. The van der Waals surface area contributed by atoms with Gasteiger partial charge in [-0.15, -0.1) is 22.7 Å². The maximum atomic E-state index is 12.5. The minimum absolute atomic E-state index is 0.106. The van der Waals surface area contributed by atoms with Crippen LogP contribution in [0.2, 0.25) is 0 Å². The van der Waals surface area contributed by atoms with Gasteiger partial charge in [-0.3, -0.25) is 9.59 Å². The largest absolute Gasteiger partial charge is 0.469 e. The van der Waals surface area contributed by atoms with E-state index >= 15 is 0 Å². The number of thiazole rings is 1. The van der Waals surface area contributed by atoms with Gasteiger partial charge in [-0.05, 0) is 18.4 Å². The molecule has 0 radical (unpaired) electrons. The number of carbonyl (C=O) groups excluding carboxylic acids is 2. The van der Waals surface area contributed by atoms with Crippen LogP contribution >= 0.6 is 22.7 Å². The summed E-state index contributed by atoms with van der Waals surface area (Å²) in [5, 5.41) is 7.63. The molecule has 0 saturated heterocycles. The zero-order chi connectivity index (χ0) is 19.2. The zero-order valence-electron chi connectivity index (χ0n) is 15.1. The number of hydrogen-bond acceptors (Lipinski definition) is 6. The monoisotopic (exact) mass is 400 g/mol. The Balaban J connectivity index is 1.65. The number of benzene rings is 1. The first-order chi connectivity index (χ1) is 13.0. The van der Waals surface area contributed by atoms with Crippen LogP contribution in [0.5, 0.6) is 0 Å². The lowest BCUT2D eigenvalue weighted by Crippen LogP contribution is -2.31. The molecule has 0 aliphatic heterocycles. The second-order valence-electron chi connectivity index (χ2n) is 6.10. The molecule has 0 aliphatic rings.